The van der Waals surface area contributed by atoms with Crippen LogP contribution in [0.4, 0.5) is 5.82 Å². The first-order valence-corrected chi connectivity index (χ1v) is 6.28. The lowest BCUT2D eigenvalue weighted by atomic mass is 10.2. The van der Waals surface area contributed by atoms with Crippen molar-refractivity contribution in [3.8, 4) is 0 Å². The van der Waals surface area contributed by atoms with Gasteiger partial charge in [0.25, 0.3) is 0 Å². The zero-order chi connectivity index (χ0) is 14.2. The van der Waals surface area contributed by atoms with Crippen LogP contribution >= 0.6 is 0 Å². The minimum absolute atomic E-state index is 0.124. The minimum Gasteiger partial charge on any atom is -0.308 e. The number of nitrogens with zero attached hydrogens (tertiary/aromatic N) is 4. The number of aromatic nitrogens is 4. The molecule has 2 aromatic heterocycles. The number of hydrogen-bond donors (Lipinski definition) is 2. The van der Waals surface area contributed by atoms with Gasteiger partial charge in [-0.05, 0) is 6.92 Å². The summed E-state index contributed by atoms with van der Waals surface area (Å²) in [6.45, 7) is 2.20. The maximum atomic E-state index is 11.7. The van der Waals surface area contributed by atoms with Gasteiger partial charge in [-0.1, -0.05) is 0 Å². The summed E-state index contributed by atoms with van der Waals surface area (Å²) < 4.78 is 0. The third-order valence-electron chi connectivity index (χ3n) is 2.57. The molecule has 0 saturated heterocycles. The second kappa shape index (κ2) is 7.25. The molecule has 7 nitrogen and oxygen atoms in total. The van der Waals surface area contributed by atoms with Crippen molar-refractivity contribution in [3.63, 3.8) is 0 Å². The Morgan fingerprint density at radius 2 is 1.90 bits per heavy atom. The fourth-order valence-electron chi connectivity index (χ4n) is 1.64. The van der Waals surface area contributed by atoms with Crippen LogP contribution in [0.25, 0.3) is 0 Å². The maximum Gasteiger partial charge on any atom is 0.239 e. The van der Waals surface area contributed by atoms with Crippen molar-refractivity contribution in [3.05, 3.63) is 42.9 Å². The Morgan fingerprint density at radius 1 is 1.15 bits per heavy atom. The summed E-state index contributed by atoms with van der Waals surface area (Å²) >= 11 is 0. The first-order chi connectivity index (χ1) is 9.74. The van der Waals surface area contributed by atoms with Gasteiger partial charge in [-0.2, -0.15) is 0 Å². The number of carbonyl (C=O) groups excluding carboxylic acids is 1. The Hall–Kier alpha value is -2.41. The normalized spacial score (nSPS) is 11.8. The van der Waals surface area contributed by atoms with Crippen LogP contribution in [0.2, 0.25) is 0 Å². The van der Waals surface area contributed by atoms with Gasteiger partial charge in [-0.15, -0.1) is 0 Å². The average molecular weight is 272 g/mol. The van der Waals surface area contributed by atoms with Gasteiger partial charge in [0.1, 0.15) is 0 Å². The molecule has 20 heavy (non-hydrogen) atoms. The second-order valence-corrected chi connectivity index (χ2v) is 4.32. The van der Waals surface area contributed by atoms with E-state index in [9.17, 15) is 4.79 Å². The molecular formula is C13H16N6O. The molecule has 0 saturated carbocycles. The van der Waals surface area contributed by atoms with E-state index in [1.54, 1.807) is 24.8 Å². The average Bonchev–Trinajstić information content (AvgIpc) is 2.47. The second-order valence-electron chi connectivity index (χ2n) is 4.32. The van der Waals surface area contributed by atoms with E-state index in [0.29, 0.717) is 12.2 Å². The summed E-state index contributed by atoms with van der Waals surface area (Å²) in [5.41, 5.74) is 0.891. The van der Waals surface area contributed by atoms with Gasteiger partial charge in [0.15, 0.2) is 5.82 Å². The molecular weight excluding hydrogens is 256 g/mol. The van der Waals surface area contributed by atoms with E-state index in [1.807, 2.05) is 6.92 Å². The highest BCUT2D eigenvalue weighted by molar-refractivity contribution is 5.91. The Kier molecular flexibility index (Phi) is 5.08. The smallest absolute Gasteiger partial charge is 0.239 e. The Bertz CT molecular complexity index is 533. The fraction of sp³-hybridized carbons (Fsp3) is 0.308. The number of anilines is 1. The summed E-state index contributed by atoms with van der Waals surface area (Å²) in [5.74, 6) is 0.289. The van der Waals surface area contributed by atoms with Crippen molar-refractivity contribution < 1.29 is 4.79 Å². The van der Waals surface area contributed by atoms with Crippen LogP contribution in [-0.4, -0.2) is 38.4 Å². The molecule has 0 aliphatic heterocycles. The monoisotopic (exact) mass is 272 g/mol. The Labute approximate surface area is 116 Å². The number of amides is 1. The molecule has 104 valence electrons. The van der Waals surface area contributed by atoms with Crippen molar-refractivity contribution in [2.45, 2.75) is 19.4 Å². The molecule has 1 unspecified atom stereocenters. The summed E-state index contributed by atoms with van der Waals surface area (Å²) in [6.07, 6.45) is 10.3. The zero-order valence-corrected chi connectivity index (χ0v) is 11.2. The van der Waals surface area contributed by atoms with E-state index in [2.05, 4.69) is 30.6 Å². The predicted octanol–water partition coefficient (Wildman–Crippen LogP) is 0.426. The van der Waals surface area contributed by atoms with Crippen LogP contribution in [0.5, 0.6) is 0 Å². The molecule has 0 aliphatic rings. The predicted molar refractivity (Wildman–Crippen MR) is 73.9 cm³/mol. The van der Waals surface area contributed by atoms with E-state index in [1.165, 1.54) is 12.4 Å². The number of hydrogen-bond acceptors (Lipinski definition) is 6. The van der Waals surface area contributed by atoms with Gasteiger partial charge >= 0.3 is 0 Å². The lowest BCUT2D eigenvalue weighted by molar-refractivity contribution is -0.115. The molecule has 2 heterocycles. The van der Waals surface area contributed by atoms with E-state index in [-0.39, 0.29) is 18.5 Å². The standard InChI is InChI=1S/C13H16N6O/c1-10(6-11-7-14-2-4-16-11)18-9-13(20)19-12-8-15-3-5-17-12/h2-5,7-8,10,18H,6,9H2,1H3,(H,17,19,20). The van der Waals surface area contributed by atoms with Gasteiger partial charge in [0.2, 0.25) is 5.91 Å². The van der Waals surface area contributed by atoms with Crippen LogP contribution in [0.3, 0.4) is 0 Å². The topological polar surface area (TPSA) is 92.7 Å². The van der Waals surface area contributed by atoms with Crippen molar-refractivity contribution in [2.75, 3.05) is 11.9 Å². The van der Waals surface area contributed by atoms with E-state index < -0.39 is 0 Å². The fourth-order valence-corrected chi connectivity index (χ4v) is 1.64. The zero-order valence-electron chi connectivity index (χ0n) is 11.2. The van der Waals surface area contributed by atoms with Crippen LogP contribution in [0, 0.1) is 0 Å². The molecule has 1 atom stereocenters. The quantitative estimate of drug-likeness (QED) is 0.792. The van der Waals surface area contributed by atoms with Gasteiger partial charge < -0.3 is 10.6 Å². The Morgan fingerprint density at radius 3 is 2.55 bits per heavy atom. The minimum atomic E-state index is -0.156. The maximum absolute atomic E-state index is 11.7. The van der Waals surface area contributed by atoms with E-state index >= 15 is 0 Å². The lowest BCUT2D eigenvalue weighted by Gasteiger charge is -2.12. The van der Waals surface area contributed by atoms with Crippen molar-refractivity contribution >= 4 is 11.7 Å². The van der Waals surface area contributed by atoms with Gasteiger partial charge in [-0.3, -0.25) is 19.7 Å². The molecule has 2 aromatic rings. The van der Waals surface area contributed by atoms with Crippen LogP contribution < -0.4 is 10.6 Å². The summed E-state index contributed by atoms with van der Waals surface area (Å²) in [4.78, 5) is 27.7. The molecule has 1 amide bonds. The van der Waals surface area contributed by atoms with Crippen LogP contribution in [0.1, 0.15) is 12.6 Å². The summed E-state index contributed by atoms with van der Waals surface area (Å²) in [7, 11) is 0. The van der Waals surface area contributed by atoms with Crippen molar-refractivity contribution in [1.82, 2.24) is 25.3 Å². The van der Waals surface area contributed by atoms with Gasteiger partial charge in [0, 0.05) is 43.4 Å². The van der Waals surface area contributed by atoms with Crippen molar-refractivity contribution in [1.29, 1.82) is 0 Å². The summed E-state index contributed by atoms with van der Waals surface area (Å²) in [5, 5.41) is 5.78. The van der Waals surface area contributed by atoms with E-state index in [0.717, 1.165) is 5.69 Å². The van der Waals surface area contributed by atoms with Crippen LogP contribution in [0.15, 0.2) is 37.2 Å². The Balaban J connectivity index is 1.73. The number of nitrogens with one attached hydrogen (secondary N) is 2. The third-order valence-corrected chi connectivity index (χ3v) is 2.57. The van der Waals surface area contributed by atoms with E-state index in [4.69, 9.17) is 0 Å². The summed E-state index contributed by atoms with van der Waals surface area (Å²) in [6, 6.07) is 0.124. The number of carbonyl (C=O) groups is 1. The van der Waals surface area contributed by atoms with Gasteiger partial charge in [0.05, 0.1) is 18.4 Å². The lowest BCUT2D eigenvalue weighted by Crippen LogP contribution is -2.35. The molecule has 0 fully saturated rings. The highest BCUT2D eigenvalue weighted by Crippen LogP contribution is 1.98. The molecule has 2 N–H and O–H groups in total. The SMILES string of the molecule is CC(Cc1cnccn1)NCC(=O)Nc1cnccn1. The molecule has 0 spiro atoms. The molecule has 0 radical (unpaired) electrons. The largest absolute Gasteiger partial charge is 0.308 e. The molecule has 2 rings (SSSR count). The van der Waals surface area contributed by atoms with Crippen molar-refractivity contribution in [2.24, 2.45) is 0 Å². The molecule has 0 aromatic carbocycles. The molecule has 0 aliphatic carbocycles. The first-order valence-electron chi connectivity index (χ1n) is 6.28. The van der Waals surface area contributed by atoms with Crippen LogP contribution in [-0.2, 0) is 11.2 Å². The molecule has 7 heteroatoms. The highest BCUT2D eigenvalue weighted by atomic mass is 16.2. The highest BCUT2D eigenvalue weighted by Gasteiger charge is 2.08. The third kappa shape index (κ3) is 4.69. The van der Waals surface area contributed by atoms with Gasteiger partial charge in [-0.25, -0.2) is 4.98 Å². The first kappa shape index (κ1) is 14.0. The molecule has 0 bridgehead atoms. The number of rotatable bonds is 6.